The third kappa shape index (κ3) is 4.04. The number of carbonyl (C=O) groups excluding carboxylic acids is 1. The van der Waals surface area contributed by atoms with Crippen molar-refractivity contribution in [3.8, 4) is 0 Å². The van der Waals surface area contributed by atoms with Crippen LogP contribution in [0.2, 0.25) is 0 Å². The van der Waals surface area contributed by atoms with Crippen LogP contribution in [0.4, 0.5) is 10.6 Å². The standard InChI is InChI=1S/C19H27N7O/c1-14-7-8-18(24-22-14)25-11-4-5-15(13-25)21-19(27)26-12-3-2-6-17(26)16-9-10-20-23-16/h7-10,15,17H,2-6,11-13H2,1H3,(H,20,23)(H,21,27). The molecule has 2 aromatic heterocycles. The van der Waals surface area contributed by atoms with Crippen LogP contribution in [0.1, 0.15) is 49.5 Å². The molecule has 2 atom stereocenters. The number of H-pyrrole nitrogens is 1. The molecule has 2 aromatic rings. The van der Waals surface area contributed by atoms with Gasteiger partial charge in [0.25, 0.3) is 0 Å². The Morgan fingerprint density at radius 2 is 2.07 bits per heavy atom. The molecule has 2 unspecified atom stereocenters. The van der Waals surface area contributed by atoms with Crippen LogP contribution in [0.3, 0.4) is 0 Å². The maximum absolute atomic E-state index is 13.0. The highest BCUT2D eigenvalue weighted by Crippen LogP contribution is 2.29. The summed E-state index contributed by atoms with van der Waals surface area (Å²) >= 11 is 0. The topological polar surface area (TPSA) is 90.0 Å². The largest absolute Gasteiger partial charge is 0.353 e. The Bertz CT molecular complexity index is 746. The van der Waals surface area contributed by atoms with E-state index in [4.69, 9.17) is 0 Å². The molecule has 4 heterocycles. The van der Waals surface area contributed by atoms with Crippen molar-refractivity contribution < 1.29 is 4.79 Å². The maximum Gasteiger partial charge on any atom is 0.318 e. The normalized spacial score (nSPS) is 23.3. The first-order chi connectivity index (χ1) is 13.2. The van der Waals surface area contributed by atoms with Crippen LogP contribution in [0.5, 0.6) is 0 Å². The highest BCUT2D eigenvalue weighted by atomic mass is 16.2. The van der Waals surface area contributed by atoms with Gasteiger partial charge >= 0.3 is 6.03 Å². The molecule has 2 aliphatic heterocycles. The summed E-state index contributed by atoms with van der Waals surface area (Å²) in [7, 11) is 0. The minimum atomic E-state index is 0.0242. The lowest BCUT2D eigenvalue weighted by atomic mass is 9.99. The smallest absolute Gasteiger partial charge is 0.318 e. The van der Waals surface area contributed by atoms with Crippen molar-refractivity contribution in [1.29, 1.82) is 0 Å². The maximum atomic E-state index is 13.0. The Morgan fingerprint density at radius 3 is 2.85 bits per heavy atom. The Hall–Kier alpha value is -2.64. The number of urea groups is 1. The van der Waals surface area contributed by atoms with E-state index >= 15 is 0 Å². The SMILES string of the molecule is Cc1ccc(N2CCCC(NC(=O)N3CCCCC3c3ccn[nH]3)C2)nn1. The molecule has 4 rings (SSSR count). The van der Waals surface area contributed by atoms with Crippen molar-refractivity contribution in [3.63, 3.8) is 0 Å². The van der Waals surface area contributed by atoms with Crippen molar-refractivity contribution in [1.82, 2.24) is 30.6 Å². The molecule has 0 saturated carbocycles. The minimum absolute atomic E-state index is 0.0242. The van der Waals surface area contributed by atoms with Gasteiger partial charge in [-0.15, -0.1) is 5.10 Å². The van der Waals surface area contributed by atoms with E-state index in [9.17, 15) is 4.79 Å². The molecule has 0 bridgehead atoms. The molecule has 0 aliphatic carbocycles. The summed E-state index contributed by atoms with van der Waals surface area (Å²) in [5, 5.41) is 18.8. The van der Waals surface area contributed by atoms with Crippen LogP contribution in [0.25, 0.3) is 0 Å². The predicted molar refractivity (Wildman–Crippen MR) is 102 cm³/mol. The van der Waals surface area contributed by atoms with Gasteiger partial charge in [-0.1, -0.05) is 0 Å². The monoisotopic (exact) mass is 369 g/mol. The first kappa shape index (κ1) is 17.8. The number of aromatic nitrogens is 4. The van der Waals surface area contributed by atoms with E-state index in [1.165, 1.54) is 0 Å². The summed E-state index contributed by atoms with van der Waals surface area (Å²) in [5.41, 5.74) is 1.93. The molecule has 27 heavy (non-hydrogen) atoms. The van der Waals surface area contributed by atoms with E-state index in [-0.39, 0.29) is 18.1 Å². The number of amides is 2. The van der Waals surface area contributed by atoms with Crippen molar-refractivity contribution in [3.05, 3.63) is 35.8 Å². The fourth-order valence-corrected chi connectivity index (χ4v) is 4.07. The molecule has 0 radical (unpaired) electrons. The van der Waals surface area contributed by atoms with Gasteiger partial charge < -0.3 is 15.1 Å². The fourth-order valence-electron chi connectivity index (χ4n) is 4.07. The fraction of sp³-hybridized carbons (Fsp3) is 0.579. The summed E-state index contributed by atoms with van der Waals surface area (Å²) in [5.74, 6) is 0.882. The number of nitrogens with zero attached hydrogens (tertiary/aromatic N) is 5. The number of piperidine rings is 2. The lowest BCUT2D eigenvalue weighted by Crippen LogP contribution is -2.53. The number of rotatable bonds is 3. The van der Waals surface area contributed by atoms with Crippen molar-refractivity contribution in [2.75, 3.05) is 24.5 Å². The van der Waals surface area contributed by atoms with Gasteiger partial charge in [-0.3, -0.25) is 5.10 Å². The molecule has 0 spiro atoms. The van der Waals surface area contributed by atoms with Crippen LogP contribution < -0.4 is 10.2 Å². The molecule has 2 N–H and O–H groups in total. The molecular formula is C19H27N7O. The number of nitrogens with one attached hydrogen (secondary N) is 2. The van der Waals surface area contributed by atoms with Gasteiger partial charge in [0.1, 0.15) is 0 Å². The number of anilines is 1. The van der Waals surface area contributed by atoms with Gasteiger partial charge in [0.05, 0.1) is 17.4 Å². The van der Waals surface area contributed by atoms with Gasteiger partial charge in [-0.05, 0) is 57.2 Å². The van der Waals surface area contributed by atoms with E-state index in [1.807, 2.05) is 30.0 Å². The van der Waals surface area contributed by atoms with Gasteiger partial charge in [0.15, 0.2) is 5.82 Å². The molecular weight excluding hydrogens is 342 g/mol. The van der Waals surface area contributed by atoms with E-state index in [2.05, 4.69) is 30.6 Å². The lowest BCUT2D eigenvalue weighted by molar-refractivity contribution is 0.145. The second kappa shape index (κ2) is 7.94. The summed E-state index contributed by atoms with van der Waals surface area (Å²) < 4.78 is 0. The number of likely N-dealkylation sites (tertiary alicyclic amines) is 1. The molecule has 8 nitrogen and oxygen atoms in total. The van der Waals surface area contributed by atoms with Crippen LogP contribution >= 0.6 is 0 Å². The molecule has 2 fully saturated rings. The Balaban J connectivity index is 1.40. The van der Waals surface area contributed by atoms with Gasteiger partial charge in [-0.25, -0.2) is 4.79 Å². The second-order valence-electron chi connectivity index (χ2n) is 7.48. The van der Waals surface area contributed by atoms with E-state index in [0.717, 1.165) is 68.9 Å². The predicted octanol–water partition coefficient (Wildman–Crippen LogP) is 2.41. The lowest BCUT2D eigenvalue weighted by Gasteiger charge is -2.38. The van der Waals surface area contributed by atoms with Crippen molar-refractivity contribution >= 4 is 11.8 Å². The van der Waals surface area contributed by atoms with E-state index < -0.39 is 0 Å². The number of aromatic amines is 1. The zero-order valence-corrected chi connectivity index (χ0v) is 15.8. The average molecular weight is 369 g/mol. The summed E-state index contributed by atoms with van der Waals surface area (Å²) in [6.45, 7) is 4.44. The molecule has 8 heteroatoms. The second-order valence-corrected chi connectivity index (χ2v) is 7.48. The molecule has 2 aliphatic rings. The van der Waals surface area contributed by atoms with Crippen molar-refractivity contribution in [2.45, 2.75) is 51.1 Å². The zero-order valence-electron chi connectivity index (χ0n) is 15.8. The van der Waals surface area contributed by atoms with Crippen LogP contribution in [0, 0.1) is 6.92 Å². The third-order valence-corrected chi connectivity index (χ3v) is 5.50. The molecule has 0 aromatic carbocycles. The first-order valence-electron chi connectivity index (χ1n) is 9.82. The highest BCUT2D eigenvalue weighted by molar-refractivity contribution is 5.75. The summed E-state index contributed by atoms with van der Waals surface area (Å²) in [6, 6.07) is 6.19. The van der Waals surface area contributed by atoms with Gasteiger partial charge in [0.2, 0.25) is 0 Å². The van der Waals surface area contributed by atoms with Gasteiger partial charge in [0, 0.05) is 31.9 Å². The van der Waals surface area contributed by atoms with Crippen LogP contribution in [-0.4, -0.2) is 57.0 Å². The summed E-state index contributed by atoms with van der Waals surface area (Å²) in [6.07, 6.45) is 6.94. The number of hydrogen-bond donors (Lipinski definition) is 2. The summed E-state index contributed by atoms with van der Waals surface area (Å²) in [4.78, 5) is 17.2. The molecule has 2 amide bonds. The Morgan fingerprint density at radius 1 is 1.15 bits per heavy atom. The van der Waals surface area contributed by atoms with E-state index in [1.54, 1.807) is 6.20 Å². The van der Waals surface area contributed by atoms with Crippen LogP contribution in [0.15, 0.2) is 24.4 Å². The first-order valence-corrected chi connectivity index (χ1v) is 9.82. The van der Waals surface area contributed by atoms with Gasteiger partial charge in [-0.2, -0.15) is 10.2 Å². The Labute approximate surface area is 159 Å². The van der Waals surface area contributed by atoms with Crippen LogP contribution in [-0.2, 0) is 0 Å². The quantitative estimate of drug-likeness (QED) is 0.867. The Kier molecular flexibility index (Phi) is 5.22. The molecule has 144 valence electrons. The number of aryl methyl sites for hydroxylation is 1. The van der Waals surface area contributed by atoms with E-state index in [0.29, 0.717) is 0 Å². The number of carbonyl (C=O) groups is 1. The zero-order chi connectivity index (χ0) is 18.6. The highest BCUT2D eigenvalue weighted by Gasteiger charge is 2.31. The minimum Gasteiger partial charge on any atom is -0.353 e. The van der Waals surface area contributed by atoms with Crippen molar-refractivity contribution in [2.24, 2.45) is 0 Å². The third-order valence-electron chi connectivity index (χ3n) is 5.50. The average Bonchev–Trinajstić information content (AvgIpc) is 3.23. The molecule has 2 saturated heterocycles. The number of hydrogen-bond acceptors (Lipinski definition) is 5.